The number of aryl methyl sites for hydroxylation is 1. The quantitative estimate of drug-likeness (QED) is 0.198. The van der Waals surface area contributed by atoms with E-state index in [0.717, 1.165) is 10.3 Å². The Kier molecular flexibility index (Phi) is 6.39. The van der Waals surface area contributed by atoms with Crippen LogP contribution in [0.5, 0.6) is 11.5 Å². The number of ether oxygens (including phenoxy) is 2. The Morgan fingerprint density at radius 3 is 2.54 bits per heavy atom. The molecule has 37 heavy (non-hydrogen) atoms. The Labute approximate surface area is 216 Å². The lowest BCUT2D eigenvalue weighted by Gasteiger charge is -2.24. The van der Waals surface area contributed by atoms with Crippen molar-refractivity contribution in [2.24, 2.45) is 0 Å². The van der Waals surface area contributed by atoms with Gasteiger partial charge in [0.05, 0.1) is 35.5 Å². The van der Waals surface area contributed by atoms with Gasteiger partial charge in [-0.15, -0.1) is 0 Å². The molecule has 0 unspecified atom stereocenters. The minimum Gasteiger partial charge on any atom is -0.507 e. The Morgan fingerprint density at radius 1 is 1.08 bits per heavy atom. The van der Waals surface area contributed by atoms with E-state index in [4.69, 9.17) is 9.47 Å². The van der Waals surface area contributed by atoms with E-state index < -0.39 is 29.3 Å². The van der Waals surface area contributed by atoms with Crippen molar-refractivity contribution in [3.05, 3.63) is 88.7 Å². The number of aliphatic hydroxyl groups is 1. The highest BCUT2D eigenvalue weighted by atomic mass is 32.1. The molecular weight excluding hydrogens is 495 g/mol. The van der Waals surface area contributed by atoms with E-state index in [1.807, 2.05) is 32.0 Å². The summed E-state index contributed by atoms with van der Waals surface area (Å²) < 4.78 is 25.5. The zero-order valence-corrected chi connectivity index (χ0v) is 21.1. The number of hydrogen-bond acceptors (Lipinski definition) is 7. The molecule has 0 spiro atoms. The van der Waals surface area contributed by atoms with E-state index in [9.17, 15) is 19.1 Å². The van der Waals surface area contributed by atoms with Crippen LogP contribution in [0.4, 0.5) is 9.52 Å². The number of rotatable bonds is 6. The van der Waals surface area contributed by atoms with E-state index in [0.29, 0.717) is 34.3 Å². The third-order valence-corrected chi connectivity index (χ3v) is 7.12. The molecule has 7 nitrogen and oxygen atoms in total. The Hall–Kier alpha value is -4.24. The SMILES string of the molecule is CCOc1ccc([C@@H]2/C(=C(\O)c3ccc(F)cc3)C(=O)C(=O)N2c2nc3ccc(C)cc3s2)cc1OC. The molecule has 1 atom stereocenters. The lowest BCUT2D eigenvalue weighted by molar-refractivity contribution is -0.132. The maximum absolute atomic E-state index is 13.5. The fourth-order valence-corrected chi connectivity index (χ4v) is 5.45. The number of aromatic nitrogens is 1. The highest BCUT2D eigenvalue weighted by Gasteiger charge is 2.48. The first-order valence-corrected chi connectivity index (χ1v) is 12.4. The fraction of sp³-hybridized carbons (Fsp3) is 0.179. The summed E-state index contributed by atoms with van der Waals surface area (Å²) >= 11 is 1.28. The summed E-state index contributed by atoms with van der Waals surface area (Å²) in [6.45, 7) is 4.23. The van der Waals surface area contributed by atoms with Gasteiger partial charge in [-0.3, -0.25) is 14.5 Å². The molecule has 1 N–H and O–H groups in total. The van der Waals surface area contributed by atoms with Crippen molar-refractivity contribution >= 4 is 44.1 Å². The zero-order valence-electron chi connectivity index (χ0n) is 20.3. The number of carbonyl (C=O) groups is 2. The number of nitrogens with zero attached hydrogens (tertiary/aromatic N) is 2. The van der Waals surface area contributed by atoms with E-state index in [1.165, 1.54) is 47.6 Å². The first-order chi connectivity index (χ1) is 17.8. The number of carbonyl (C=O) groups excluding carboxylic acids is 2. The molecule has 4 aromatic rings. The van der Waals surface area contributed by atoms with Crippen molar-refractivity contribution in [3.63, 3.8) is 0 Å². The number of methoxy groups -OCH3 is 1. The average molecular weight is 519 g/mol. The molecule has 1 aliphatic rings. The second kappa shape index (κ2) is 9.67. The third kappa shape index (κ3) is 4.31. The summed E-state index contributed by atoms with van der Waals surface area (Å²) in [4.78, 5) is 32.7. The fourth-order valence-electron chi connectivity index (χ4n) is 4.36. The summed E-state index contributed by atoms with van der Waals surface area (Å²) in [5.41, 5.74) is 2.32. The minimum absolute atomic E-state index is 0.127. The normalized spacial score (nSPS) is 17.0. The van der Waals surface area contributed by atoms with Gasteiger partial charge in [-0.2, -0.15) is 0 Å². The van der Waals surface area contributed by atoms with Gasteiger partial charge in [-0.05, 0) is 73.5 Å². The predicted octanol–water partition coefficient (Wildman–Crippen LogP) is 5.78. The number of benzene rings is 3. The number of ketones is 1. The molecule has 2 heterocycles. The molecule has 188 valence electrons. The Bertz CT molecular complexity index is 1560. The molecule has 1 amide bonds. The number of thiazole rings is 1. The van der Waals surface area contributed by atoms with E-state index in [1.54, 1.807) is 18.2 Å². The summed E-state index contributed by atoms with van der Waals surface area (Å²) in [6, 6.07) is 14.9. The number of Topliss-reactive ketones (excluding diaryl/α,β-unsaturated/α-hetero) is 1. The Balaban J connectivity index is 1.73. The standard InChI is InChI=1S/C28H23FN2O5S/c1-4-36-20-12-8-17(14-21(20)35-3)24-23(25(32)16-6-9-18(29)10-7-16)26(33)27(34)31(24)28-30-19-11-5-15(2)13-22(19)37-28/h5-14,24,32H,4H2,1-3H3/b25-23+/t24-/m1/s1. The molecule has 5 rings (SSSR count). The molecule has 1 aromatic heterocycles. The largest absolute Gasteiger partial charge is 0.507 e. The molecular formula is C28H23FN2O5S. The van der Waals surface area contributed by atoms with Crippen LogP contribution in [0.25, 0.3) is 16.0 Å². The third-order valence-electron chi connectivity index (χ3n) is 6.10. The topological polar surface area (TPSA) is 89.0 Å². The van der Waals surface area contributed by atoms with Crippen LogP contribution in [0, 0.1) is 12.7 Å². The smallest absolute Gasteiger partial charge is 0.301 e. The number of amides is 1. The summed E-state index contributed by atoms with van der Waals surface area (Å²) in [5.74, 6) is -1.68. The van der Waals surface area contributed by atoms with Crippen molar-refractivity contribution in [1.29, 1.82) is 0 Å². The maximum atomic E-state index is 13.5. The van der Waals surface area contributed by atoms with Crippen LogP contribution in [-0.2, 0) is 9.59 Å². The van der Waals surface area contributed by atoms with Gasteiger partial charge in [0.1, 0.15) is 11.6 Å². The Morgan fingerprint density at radius 2 is 1.84 bits per heavy atom. The molecule has 0 aliphatic carbocycles. The van der Waals surface area contributed by atoms with Gasteiger partial charge in [0.2, 0.25) is 0 Å². The highest BCUT2D eigenvalue weighted by molar-refractivity contribution is 7.22. The van der Waals surface area contributed by atoms with Crippen LogP contribution < -0.4 is 14.4 Å². The van der Waals surface area contributed by atoms with Gasteiger partial charge in [0, 0.05) is 5.56 Å². The van der Waals surface area contributed by atoms with Gasteiger partial charge < -0.3 is 14.6 Å². The molecule has 0 saturated carbocycles. The van der Waals surface area contributed by atoms with Gasteiger partial charge in [-0.1, -0.05) is 23.5 Å². The van der Waals surface area contributed by atoms with Crippen molar-refractivity contribution in [1.82, 2.24) is 4.98 Å². The van der Waals surface area contributed by atoms with Gasteiger partial charge in [0.25, 0.3) is 5.78 Å². The van der Waals surface area contributed by atoms with Crippen LogP contribution in [-0.4, -0.2) is 35.5 Å². The number of anilines is 1. The van der Waals surface area contributed by atoms with Crippen molar-refractivity contribution in [2.45, 2.75) is 19.9 Å². The predicted molar refractivity (Wildman–Crippen MR) is 140 cm³/mol. The maximum Gasteiger partial charge on any atom is 0.301 e. The average Bonchev–Trinajstić information content (AvgIpc) is 3.42. The lowest BCUT2D eigenvalue weighted by Crippen LogP contribution is -2.29. The van der Waals surface area contributed by atoms with Crippen LogP contribution in [0.1, 0.15) is 29.7 Å². The lowest BCUT2D eigenvalue weighted by atomic mass is 9.95. The number of hydrogen-bond donors (Lipinski definition) is 1. The molecule has 1 saturated heterocycles. The highest BCUT2D eigenvalue weighted by Crippen LogP contribution is 2.45. The van der Waals surface area contributed by atoms with Crippen molar-refractivity contribution in [2.75, 3.05) is 18.6 Å². The van der Waals surface area contributed by atoms with Crippen LogP contribution in [0.15, 0.2) is 66.2 Å². The summed E-state index contributed by atoms with van der Waals surface area (Å²) in [5, 5.41) is 11.5. The molecule has 0 radical (unpaired) electrons. The zero-order chi connectivity index (χ0) is 26.3. The van der Waals surface area contributed by atoms with E-state index >= 15 is 0 Å². The van der Waals surface area contributed by atoms with Gasteiger partial charge in [0.15, 0.2) is 16.6 Å². The minimum atomic E-state index is -1.00. The molecule has 9 heteroatoms. The van der Waals surface area contributed by atoms with Crippen molar-refractivity contribution < 1.29 is 28.6 Å². The number of aliphatic hydroxyl groups excluding tert-OH is 1. The van der Waals surface area contributed by atoms with Crippen LogP contribution in [0.3, 0.4) is 0 Å². The summed E-state index contributed by atoms with van der Waals surface area (Å²) in [7, 11) is 1.49. The van der Waals surface area contributed by atoms with E-state index in [-0.39, 0.29) is 11.1 Å². The second-order valence-corrected chi connectivity index (χ2v) is 9.50. The van der Waals surface area contributed by atoms with Crippen LogP contribution in [0.2, 0.25) is 0 Å². The molecule has 1 aliphatic heterocycles. The molecule has 0 bridgehead atoms. The second-order valence-electron chi connectivity index (χ2n) is 8.49. The van der Waals surface area contributed by atoms with Crippen molar-refractivity contribution in [3.8, 4) is 11.5 Å². The van der Waals surface area contributed by atoms with E-state index in [2.05, 4.69) is 4.98 Å². The first-order valence-electron chi connectivity index (χ1n) is 11.6. The molecule has 1 fully saturated rings. The van der Waals surface area contributed by atoms with Gasteiger partial charge >= 0.3 is 5.91 Å². The monoisotopic (exact) mass is 518 g/mol. The van der Waals surface area contributed by atoms with Crippen LogP contribution >= 0.6 is 11.3 Å². The summed E-state index contributed by atoms with van der Waals surface area (Å²) in [6.07, 6.45) is 0. The molecule has 3 aromatic carbocycles. The number of halogens is 1. The first kappa shape index (κ1) is 24.5. The number of fused-ring (bicyclic) bond motifs is 1. The van der Waals surface area contributed by atoms with Gasteiger partial charge in [-0.25, -0.2) is 9.37 Å².